The van der Waals surface area contributed by atoms with Crippen LogP contribution in [-0.2, 0) is 13.0 Å². The van der Waals surface area contributed by atoms with Crippen molar-refractivity contribution < 1.29 is 4.79 Å². The summed E-state index contributed by atoms with van der Waals surface area (Å²) in [6.07, 6.45) is 3.92. The topological polar surface area (TPSA) is 46.9 Å². The molecule has 0 atom stereocenters. The molecule has 0 aliphatic carbocycles. The molecular weight excluding hydrogens is 418 g/mol. The van der Waals surface area contributed by atoms with E-state index in [0.717, 1.165) is 43.6 Å². The number of halogens is 1. The first-order valence-corrected chi connectivity index (χ1v) is 11.5. The Morgan fingerprint density at radius 1 is 0.969 bits per heavy atom. The van der Waals surface area contributed by atoms with Crippen LogP contribution >= 0.6 is 11.6 Å². The fraction of sp³-hybridized carbons (Fsp3) is 0.259. The van der Waals surface area contributed by atoms with E-state index < -0.39 is 0 Å². The van der Waals surface area contributed by atoms with E-state index in [9.17, 15) is 4.79 Å². The number of aromatic nitrogens is 2. The number of rotatable bonds is 9. The number of hydrogen-bond donors (Lipinski definition) is 1. The average molecular weight is 446 g/mol. The molecule has 0 radical (unpaired) electrons. The zero-order valence-electron chi connectivity index (χ0n) is 18.4. The molecule has 0 saturated heterocycles. The fourth-order valence-electron chi connectivity index (χ4n) is 4.00. The van der Waals surface area contributed by atoms with Gasteiger partial charge in [-0.15, -0.1) is 0 Å². The van der Waals surface area contributed by atoms with Gasteiger partial charge in [-0.05, 0) is 55.7 Å². The second-order valence-electron chi connectivity index (χ2n) is 8.17. The summed E-state index contributed by atoms with van der Waals surface area (Å²) in [5.41, 5.74) is 5.38. The minimum atomic E-state index is -0.0764. The van der Waals surface area contributed by atoms with Gasteiger partial charge in [0.25, 0.3) is 5.91 Å². The SMILES string of the molecule is Cc1cccc(Cn2c(CCCCCNC(=O)c3cccc(Cl)c3)nc3ccccc32)c1. The predicted octanol–water partition coefficient (Wildman–Crippen LogP) is 6.19. The third kappa shape index (κ3) is 5.57. The summed E-state index contributed by atoms with van der Waals surface area (Å²) < 4.78 is 2.34. The van der Waals surface area contributed by atoms with E-state index in [-0.39, 0.29) is 5.91 Å². The van der Waals surface area contributed by atoms with Gasteiger partial charge in [0.1, 0.15) is 5.82 Å². The van der Waals surface area contributed by atoms with Crippen LogP contribution in [0.3, 0.4) is 0 Å². The van der Waals surface area contributed by atoms with Crippen molar-refractivity contribution in [1.29, 1.82) is 0 Å². The lowest BCUT2D eigenvalue weighted by Gasteiger charge is -2.10. The average Bonchev–Trinajstić information content (AvgIpc) is 3.13. The van der Waals surface area contributed by atoms with E-state index in [1.807, 2.05) is 6.07 Å². The summed E-state index contributed by atoms with van der Waals surface area (Å²) in [6.45, 7) is 3.61. The number of hydrogen-bond acceptors (Lipinski definition) is 2. The van der Waals surface area contributed by atoms with Crippen molar-refractivity contribution in [2.24, 2.45) is 0 Å². The molecule has 0 unspecified atom stereocenters. The molecule has 1 amide bonds. The van der Waals surface area contributed by atoms with Crippen LogP contribution in [0.1, 0.15) is 46.6 Å². The molecule has 4 rings (SSSR count). The number of fused-ring (bicyclic) bond motifs is 1. The summed E-state index contributed by atoms with van der Waals surface area (Å²) in [5.74, 6) is 1.04. The zero-order valence-corrected chi connectivity index (χ0v) is 19.1. The third-order valence-electron chi connectivity index (χ3n) is 5.61. The monoisotopic (exact) mass is 445 g/mol. The summed E-state index contributed by atoms with van der Waals surface area (Å²) in [4.78, 5) is 17.1. The van der Waals surface area contributed by atoms with Gasteiger partial charge in [-0.3, -0.25) is 4.79 Å². The maximum Gasteiger partial charge on any atom is 0.251 e. The number of nitrogens with zero attached hydrogens (tertiary/aromatic N) is 2. The van der Waals surface area contributed by atoms with Crippen LogP contribution in [0.5, 0.6) is 0 Å². The Labute approximate surface area is 194 Å². The van der Waals surface area contributed by atoms with Crippen molar-refractivity contribution in [2.45, 2.75) is 39.2 Å². The largest absolute Gasteiger partial charge is 0.352 e. The first-order chi connectivity index (χ1) is 15.6. The molecule has 1 N–H and O–H groups in total. The number of aryl methyl sites for hydroxylation is 2. The Morgan fingerprint density at radius 3 is 2.66 bits per heavy atom. The highest BCUT2D eigenvalue weighted by Crippen LogP contribution is 2.20. The number of para-hydroxylation sites is 2. The van der Waals surface area contributed by atoms with Gasteiger partial charge >= 0.3 is 0 Å². The quantitative estimate of drug-likeness (QED) is 0.312. The lowest BCUT2D eigenvalue weighted by atomic mass is 10.1. The minimum absolute atomic E-state index is 0.0764. The Kier molecular flexibility index (Phi) is 7.23. The van der Waals surface area contributed by atoms with Crippen LogP contribution in [0.15, 0.2) is 72.8 Å². The normalized spacial score (nSPS) is 11.1. The highest BCUT2D eigenvalue weighted by molar-refractivity contribution is 6.30. The number of nitrogens with one attached hydrogen (secondary N) is 1. The molecule has 0 spiro atoms. The molecule has 0 bridgehead atoms. The standard InChI is InChI=1S/C27H28ClN3O/c1-20-9-7-10-21(17-20)19-31-25-14-5-4-13-24(25)30-26(31)15-3-2-6-16-29-27(32)22-11-8-12-23(28)18-22/h4-5,7-14,17-18H,2-3,6,15-16,19H2,1H3,(H,29,32). The summed E-state index contributed by atoms with van der Waals surface area (Å²) in [5, 5.41) is 3.55. The highest BCUT2D eigenvalue weighted by atomic mass is 35.5. The number of carbonyl (C=O) groups excluding carboxylic acids is 1. The molecule has 0 fully saturated rings. The summed E-state index contributed by atoms with van der Waals surface area (Å²) >= 11 is 5.96. The predicted molar refractivity (Wildman–Crippen MR) is 131 cm³/mol. The number of unbranched alkanes of at least 4 members (excludes halogenated alkanes) is 2. The van der Waals surface area contributed by atoms with E-state index in [0.29, 0.717) is 17.1 Å². The zero-order chi connectivity index (χ0) is 22.3. The van der Waals surface area contributed by atoms with Crippen LogP contribution < -0.4 is 5.32 Å². The van der Waals surface area contributed by atoms with Crippen LogP contribution in [0, 0.1) is 6.92 Å². The molecule has 1 aromatic heterocycles. The van der Waals surface area contributed by atoms with Crippen molar-refractivity contribution >= 4 is 28.5 Å². The molecule has 0 aliphatic heterocycles. The number of imidazole rings is 1. The molecule has 32 heavy (non-hydrogen) atoms. The third-order valence-corrected chi connectivity index (χ3v) is 5.84. The number of benzene rings is 3. The Balaban J connectivity index is 1.32. The molecule has 4 nitrogen and oxygen atoms in total. The van der Waals surface area contributed by atoms with Crippen LogP contribution in [0.25, 0.3) is 11.0 Å². The fourth-order valence-corrected chi connectivity index (χ4v) is 4.19. The van der Waals surface area contributed by atoms with Crippen LogP contribution in [0.4, 0.5) is 0 Å². The first-order valence-electron chi connectivity index (χ1n) is 11.1. The molecule has 5 heteroatoms. The van der Waals surface area contributed by atoms with Gasteiger partial charge < -0.3 is 9.88 Å². The van der Waals surface area contributed by atoms with E-state index in [1.165, 1.54) is 16.6 Å². The van der Waals surface area contributed by atoms with Gasteiger partial charge in [-0.1, -0.05) is 66.0 Å². The van der Waals surface area contributed by atoms with Gasteiger partial charge in [-0.2, -0.15) is 0 Å². The molecule has 0 aliphatic rings. The second kappa shape index (κ2) is 10.5. The maximum atomic E-state index is 12.2. The van der Waals surface area contributed by atoms with E-state index >= 15 is 0 Å². The van der Waals surface area contributed by atoms with Gasteiger partial charge in [0.05, 0.1) is 11.0 Å². The van der Waals surface area contributed by atoms with Crippen molar-refractivity contribution in [3.63, 3.8) is 0 Å². The lowest BCUT2D eigenvalue weighted by molar-refractivity contribution is 0.0953. The number of carbonyl (C=O) groups is 1. The van der Waals surface area contributed by atoms with Crippen molar-refractivity contribution in [1.82, 2.24) is 14.9 Å². The Bertz CT molecular complexity index is 1210. The van der Waals surface area contributed by atoms with E-state index in [1.54, 1.807) is 24.3 Å². The first kappa shape index (κ1) is 22.1. The molecule has 1 heterocycles. The van der Waals surface area contributed by atoms with E-state index in [2.05, 4.69) is 59.3 Å². The van der Waals surface area contributed by atoms with Crippen LogP contribution in [0.2, 0.25) is 5.02 Å². The van der Waals surface area contributed by atoms with Gasteiger partial charge in [-0.25, -0.2) is 4.98 Å². The Morgan fingerprint density at radius 2 is 1.81 bits per heavy atom. The van der Waals surface area contributed by atoms with Gasteiger partial charge in [0.15, 0.2) is 0 Å². The maximum absolute atomic E-state index is 12.2. The van der Waals surface area contributed by atoms with Gasteiger partial charge in [0, 0.05) is 30.1 Å². The Hall–Kier alpha value is -3.11. The molecule has 3 aromatic carbocycles. The van der Waals surface area contributed by atoms with Crippen molar-refractivity contribution in [3.05, 3.63) is 100 Å². The van der Waals surface area contributed by atoms with E-state index in [4.69, 9.17) is 16.6 Å². The molecule has 164 valence electrons. The summed E-state index contributed by atoms with van der Waals surface area (Å²) in [6, 6.07) is 24.0. The smallest absolute Gasteiger partial charge is 0.251 e. The molecular formula is C27H28ClN3O. The van der Waals surface area contributed by atoms with Crippen molar-refractivity contribution in [3.8, 4) is 0 Å². The summed E-state index contributed by atoms with van der Waals surface area (Å²) in [7, 11) is 0. The van der Waals surface area contributed by atoms with Crippen molar-refractivity contribution in [2.75, 3.05) is 6.54 Å². The number of amides is 1. The lowest BCUT2D eigenvalue weighted by Crippen LogP contribution is -2.24. The second-order valence-corrected chi connectivity index (χ2v) is 8.61. The molecule has 4 aromatic rings. The highest BCUT2D eigenvalue weighted by Gasteiger charge is 2.11. The minimum Gasteiger partial charge on any atom is -0.352 e. The molecule has 0 saturated carbocycles. The van der Waals surface area contributed by atoms with Crippen LogP contribution in [-0.4, -0.2) is 22.0 Å². The van der Waals surface area contributed by atoms with Gasteiger partial charge in [0.2, 0.25) is 0 Å².